The van der Waals surface area contributed by atoms with Gasteiger partial charge in [-0.3, -0.25) is 0 Å². The molecule has 0 atom stereocenters. The molecule has 1 saturated carbocycles. The van der Waals surface area contributed by atoms with Gasteiger partial charge in [0.2, 0.25) is 0 Å². The van der Waals surface area contributed by atoms with Crippen LogP contribution in [0.15, 0.2) is 48.5 Å². The lowest BCUT2D eigenvalue weighted by Gasteiger charge is -2.28. The number of benzene rings is 2. The molecule has 0 amide bonds. The third-order valence-corrected chi connectivity index (χ3v) is 5.49. The largest absolute Gasteiger partial charge is 0.207 e. The fourth-order valence-electron chi connectivity index (χ4n) is 3.80. The van der Waals surface area contributed by atoms with Crippen molar-refractivity contribution in [3.63, 3.8) is 0 Å². The van der Waals surface area contributed by atoms with Crippen LogP contribution in [-0.2, 0) is 12.8 Å². The van der Waals surface area contributed by atoms with E-state index < -0.39 is 0 Å². The molecule has 2 aromatic rings. The molecule has 0 saturated heterocycles. The van der Waals surface area contributed by atoms with Gasteiger partial charge in [0.25, 0.3) is 0 Å². The SMILES string of the molecule is CCC1CCC(c2ccc(CCc3ccc(F)cc3)cc2)CC1. The molecule has 1 heteroatoms. The molecule has 0 heterocycles. The van der Waals surface area contributed by atoms with E-state index in [1.165, 1.54) is 48.8 Å². The molecule has 1 fully saturated rings. The van der Waals surface area contributed by atoms with Gasteiger partial charge in [-0.15, -0.1) is 0 Å². The molecule has 1 aliphatic rings. The zero-order valence-corrected chi connectivity index (χ0v) is 14.1. The Labute approximate surface area is 139 Å². The molecule has 0 unspecified atom stereocenters. The van der Waals surface area contributed by atoms with Gasteiger partial charge in [0.15, 0.2) is 0 Å². The maximum atomic E-state index is 12.9. The van der Waals surface area contributed by atoms with E-state index in [9.17, 15) is 4.39 Å². The lowest BCUT2D eigenvalue weighted by atomic mass is 9.78. The topological polar surface area (TPSA) is 0 Å². The molecule has 0 bridgehead atoms. The summed E-state index contributed by atoms with van der Waals surface area (Å²) in [6, 6.07) is 16.1. The Kier molecular flexibility index (Phi) is 5.48. The van der Waals surface area contributed by atoms with Gasteiger partial charge >= 0.3 is 0 Å². The molecule has 0 spiro atoms. The predicted molar refractivity (Wildman–Crippen MR) is 95.2 cm³/mol. The van der Waals surface area contributed by atoms with Crippen LogP contribution in [0.2, 0.25) is 0 Å². The van der Waals surface area contributed by atoms with Gasteiger partial charge in [-0.2, -0.15) is 0 Å². The summed E-state index contributed by atoms with van der Waals surface area (Å²) in [5.41, 5.74) is 4.10. The maximum absolute atomic E-state index is 12.9. The van der Waals surface area contributed by atoms with Crippen molar-refractivity contribution in [1.29, 1.82) is 0 Å². The van der Waals surface area contributed by atoms with E-state index in [2.05, 4.69) is 31.2 Å². The van der Waals surface area contributed by atoms with Crippen LogP contribution in [0, 0.1) is 11.7 Å². The lowest BCUT2D eigenvalue weighted by molar-refractivity contribution is 0.319. The van der Waals surface area contributed by atoms with Gasteiger partial charge < -0.3 is 0 Å². The first-order valence-corrected chi connectivity index (χ1v) is 9.08. The third kappa shape index (κ3) is 4.43. The van der Waals surface area contributed by atoms with Crippen molar-refractivity contribution in [1.82, 2.24) is 0 Å². The van der Waals surface area contributed by atoms with E-state index in [1.807, 2.05) is 12.1 Å². The summed E-state index contributed by atoms with van der Waals surface area (Å²) in [6.07, 6.45) is 8.84. The molecule has 0 aliphatic heterocycles. The summed E-state index contributed by atoms with van der Waals surface area (Å²) < 4.78 is 12.9. The van der Waals surface area contributed by atoms with Crippen LogP contribution in [0.25, 0.3) is 0 Å². The van der Waals surface area contributed by atoms with E-state index in [1.54, 1.807) is 12.1 Å². The molecule has 3 rings (SSSR count). The Morgan fingerprint density at radius 3 is 1.83 bits per heavy atom. The minimum absolute atomic E-state index is 0.157. The molecular weight excluding hydrogens is 283 g/mol. The summed E-state index contributed by atoms with van der Waals surface area (Å²) in [4.78, 5) is 0. The summed E-state index contributed by atoms with van der Waals surface area (Å²) in [7, 11) is 0. The van der Waals surface area contributed by atoms with Gasteiger partial charge in [0.05, 0.1) is 0 Å². The standard InChI is InChI=1S/C22H27F/c1-2-17-5-11-20(12-6-17)21-13-7-18(8-14-21)3-4-19-9-15-22(23)16-10-19/h7-10,13-17,20H,2-6,11-12H2,1H3. The van der Waals surface area contributed by atoms with Gasteiger partial charge in [0.1, 0.15) is 5.82 Å². The van der Waals surface area contributed by atoms with Crippen molar-refractivity contribution in [2.45, 2.75) is 57.8 Å². The Hall–Kier alpha value is -1.63. The molecule has 0 N–H and O–H groups in total. The van der Waals surface area contributed by atoms with Crippen molar-refractivity contribution in [2.24, 2.45) is 5.92 Å². The molecule has 2 aromatic carbocycles. The van der Waals surface area contributed by atoms with Crippen molar-refractivity contribution < 1.29 is 4.39 Å². The highest BCUT2D eigenvalue weighted by Gasteiger charge is 2.20. The van der Waals surface area contributed by atoms with Crippen molar-refractivity contribution in [3.8, 4) is 0 Å². The Morgan fingerprint density at radius 2 is 1.30 bits per heavy atom. The summed E-state index contributed by atoms with van der Waals surface area (Å²) >= 11 is 0. The van der Waals surface area contributed by atoms with Crippen LogP contribution in [0.5, 0.6) is 0 Å². The van der Waals surface area contributed by atoms with Gasteiger partial charge in [-0.25, -0.2) is 4.39 Å². The highest BCUT2D eigenvalue weighted by molar-refractivity contribution is 5.27. The first kappa shape index (κ1) is 16.2. The predicted octanol–water partition coefficient (Wildman–Crippen LogP) is 6.29. The van der Waals surface area contributed by atoms with Crippen LogP contribution < -0.4 is 0 Å². The molecule has 1 aliphatic carbocycles. The summed E-state index contributed by atoms with van der Waals surface area (Å²) in [5, 5.41) is 0. The lowest BCUT2D eigenvalue weighted by Crippen LogP contribution is -2.12. The van der Waals surface area contributed by atoms with E-state index in [-0.39, 0.29) is 5.82 Å². The fraction of sp³-hybridized carbons (Fsp3) is 0.455. The monoisotopic (exact) mass is 310 g/mol. The van der Waals surface area contributed by atoms with Crippen LogP contribution in [0.3, 0.4) is 0 Å². The van der Waals surface area contributed by atoms with Crippen LogP contribution in [0.4, 0.5) is 4.39 Å². The van der Waals surface area contributed by atoms with Gasteiger partial charge in [-0.1, -0.05) is 49.7 Å². The van der Waals surface area contributed by atoms with Crippen molar-refractivity contribution >= 4 is 0 Å². The second-order valence-electron chi connectivity index (χ2n) is 6.99. The second kappa shape index (κ2) is 7.77. The van der Waals surface area contributed by atoms with E-state index in [4.69, 9.17) is 0 Å². The van der Waals surface area contributed by atoms with Crippen LogP contribution in [0.1, 0.15) is 61.6 Å². The maximum Gasteiger partial charge on any atom is 0.123 e. The average Bonchev–Trinajstić information content (AvgIpc) is 2.62. The molecule has 23 heavy (non-hydrogen) atoms. The van der Waals surface area contributed by atoms with E-state index in [0.29, 0.717) is 0 Å². The molecular formula is C22H27F. The normalized spacial score (nSPS) is 21.3. The Bertz CT molecular complexity index is 589. The average molecular weight is 310 g/mol. The fourth-order valence-corrected chi connectivity index (χ4v) is 3.80. The Balaban J connectivity index is 1.54. The third-order valence-electron chi connectivity index (χ3n) is 5.49. The quantitative estimate of drug-likeness (QED) is 0.608. The van der Waals surface area contributed by atoms with E-state index >= 15 is 0 Å². The van der Waals surface area contributed by atoms with Gasteiger partial charge in [0, 0.05) is 0 Å². The molecule has 0 aromatic heterocycles. The van der Waals surface area contributed by atoms with Crippen molar-refractivity contribution in [2.75, 3.05) is 0 Å². The number of rotatable bonds is 5. The zero-order valence-electron chi connectivity index (χ0n) is 14.1. The van der Waals surface area contributed by atoms with Crippen LogP contribution >= 0.6 is 0 Å². The molecule has 122 valence electrons. The highest BCUT2D eigenvalue weighted by Crippen LogP contribution is 2.36. The van der Waals surface area contributed by atoms with Crippen LogP contribution in [-0.4, -0.2) is 0 Å². The second-order valence-corrected chi connectivity index (χ2v) is 6.99. The number of hydrogen-bond donors (Lipinski definition) is 0. The molecule has 0 radical (unpaired) electrons. The first-order valence-electron chi connectivity index (χ1n) is 9.08. The highest BCUT2D eigenvalue weighted by atomic mass is 19.1. The van der Waals surface area contributed by atoms with E-state index in [0.717, 1.165) is 24.7 Å². The first-order chi connectivity index (χ1) is 11.2. The van der Waals surface area contributed by atoms with Gasteiger partial charge in [-0.05, 0) is 79.2 Å². The van der Waals surface area contributed by atoms with Crippen molar-refractivity contribution in [3.05, 3.63) is 71.0 Å². The number of hydrogen-bond acceptors (Lipinski definition) is 0. The Morgan fingerprint density at radius 1 is 0.783 bits per heavy atom. The minimum Gasteiger partial charge on any atom is -0.207 e. The zero-order chi connectivity index (χ0) is 16.1. The minimum atomic E-state index is -0.157. The molecule has 0 nitrogen and oxygen atoms in total. The smallest absolute Gasteiger partial charge is 0.123 e. The summed E-state index contributed by atoms with van der Waals surface area (Å²) in [6.45, 7) is 2.32. The number of halogens is 1. The summed E-state index contributed by atoms with van der Waals surface area (Å²) in [5.74, 6) is 1.57. The number of aryl methyl sites for hydroxylation is 2.